The van der Waals surface area contributed by atoms with Crippen molar-refractivity contribution in [1.29, 1.82) is 0 Å². The molecule has 0 unspecified atom stereocenters. The molecule has 1 fully saturated rings. The average molecular weight is 383 g/mol. The van der Waals surface area contributed by atoms with Crippen molar-refractivity contribution < 1.29 is 5.11 Å². The Hall–Kier alpha value is -3.20. The zero-order valence-electron chi connectivity index (χ0n) is 16.5. The van der Waals surface area contributed by atoms with Gasteiger partial charge in [0, 0.05) is 41.8 Å². The van der Waals surface area contributed by atoms with Crippen LogP contribution in [0.2, 0.25) is 0 Å². The number of hydrogen-bond acceptors (Lipinski definition) is 2. The molecule has 0 radical (unpaired) electrons. The molecule has 29 heavy (non-hydrogen) atoms. The number of rotatable bonds is 4. The van der Waals surface area contributed by atoms with Crippen LogP contribution in [0, 0.1) is 0 Å². The zero-order valence-corrected chi connectivity index (χ0v) is 16.5. The van der Waals surface area contributed by atoms with E-state index in [1.807, 2.05) is 18.2 Å². The molecule has 0 spiro atoms. The van der Waals surface area contributed by atoms with Gasteiger partial charge < -0.3 is 14.6 Å². The van der Waals surface area contributed by atoms with Crippen molar-refractivity contribution in [2.45, 2.75) is 25.3 Å². The summed E-state index contributed by atoms with van der Waals surface area (Å²) in [5.74, 6) is 0.407. The van der Waals surface area contributed by atoms with Crippen LogP contribution in [-0.2, 0) is 6.42 Å². The van der Waals surface area contributed by atoms with Crippen LogP contribution >= 0.6 is 0 Å². The Labute approximate surface area is 171 Å². The van der Waals surface area contributed by atoms with Crippen molar-refractivity contribution in [3.05, 3.63) is 96.2 Å². The van der Waals surface area contributed by atoms with Gasteiger partial charge in [-0.2, -0.15) is 0 Å². The number of aromatic hydroxyl groups is 1. The first-order chi connectivity index (χ1) is 14.3. The number of fused-ring (bicyclic) bond motifs is 1. The van der Waals surface area contributed by atoms with Crippen LogP contribution in [0.25, 0.3) is 10.8 Å². The molecule has 1 aliphatic rings. The van der Waals surface area contributed by atoms with E-state index in [9.17, 15) is 5.11 Å². The summed E-state index contributed by atoms with van der Waals surface area (Å²) in [7, 11) is 0. The van der Waals surface area contributed by atoms with E-state index < -0.39 is 0 Å². The summed E-state index contributed by atoms with van der Waals surface area (Å²) in [6.45, 7) is 2.02. The molecule has 3 nitrogen and oxygen atoms in total. The maximum atomic E-state index is 10.6. The summed E-state index contributed by atoms with van der Waals surface area (Å²) in [5, 5.41) is 12.7. The van der Waals surface area contributed by atoms with Gasteiger partial charge in [-0.3, -0.25) is 0 Å². The Morgan fingerprint density at radius 2 is 1.41 bits per heavy atom. The third-order valence-corrected chi connectivity index (χ3v) is 6.13. The molecular weight excluding hydrogens is 356 g/mol. The largest absolute Gasteiger partial charge is 0.494 e. The van der Waals surface area contributed by atoms with Gasteiger partial charge in [-0.15, -0.1) is 0 Å². The molecule has 146 valence electrons. The molecule has 3 aromatic carbocycles. The zero-order chi connectivity index (χ0) is 19.6. The molecule has 2 heterocycles. The van der Waals surface area contributed by atoms with Crippen molar-refractivity contribution in [2.75, 3.05) is 18.0 Å². The first-order valence-corrected chi connectivity index (χ1v) is 10.4. The molecule has 3 heteroatoms. The average Bonchev–Trinajstić information content (AvgIpc) is 3.12. The Morgan fingerprint density at radius 3 is 2.14 bits per heavy atom. The van der Waals surface area contributed by atoms with E-state index in [1.165, 1.54) is 16.8 Å². The molecule has 1 saturated heterocycles. The summed E-state index contributed by atoms with van der Waals surface area (Å²) < 4.78 is 2.07. The minimum atomic E-state index is 0.357. The van der Waals surface area contributed by atoms with Crippen LogP contribution in [0.15, 0.2) is 85.1 Å². The van der Waals surface area contributed by atoms with Gasteiger partial charge in [-0.1, -0.05) is 60.7 Å². The van der Waals surface area contributed by atoms with E-state index in [1.54, 1.807) is 0 Å². The van der Waals surface area contributed by atoms with Crippen molar-refractivity contribution >= 4 is 16.5 Å². The lowest BCUT2D eigenvalue weighted by atomic mass is 10.0. The van der Waals surface area contributed by atoms with Gasteiger partial charge >= 0.3 is 0 Å². The molecule has 0 atom stereocenters. The van der Waals surface area contributed by atoms with Gasteiger partial charge in [-0.25, -0.2) is 0 Å². The summed E-state index contributed by atoms with van der Waals surface area (Å²) in [4.78, 5) is 2.46. The monoisotopic (exact) mass is 382 g/mol. The Balaban J connectivity index is 1.25. The SMILES string of the molecule is Oc1c2ccccc2cn1C1CCN(c2ccc(Cc3ccccc3)cc2)CC1. The summed E-state index contributed by atoms with van der Waals surface area (Å²) in [5.41, 5.74) is 3.99. The maximum absolute atomic E-state index is 10.6. The Morgan fingerprint density at radius 1 is 0.759 bits per heavy atom. The van der Waals surface area contributed by atoms with Crippen LogP contribution in [0.1, 0.15) is 30.0 Å². The van der Waals surface area contributed by atoms with Gasteiger partial charge in [0.15, 0.2) is 5.88 Å². The van der Waals surface area contributed by atoms with Gasteiger partial charge in [0.1, 0.15) is 0 Å². The number of piperidine rings is 1. The van der Waals surface area contributed by atoms with Crippen LogP contribution in [-0.4, -0.2) is 22.8 Å². The highest BCUT2D eigenvalue weighted by molar-refractivity contribution is 5.87. The van der Waals surface area contributed by atoms with Gasteiger partial charge in [0.2, 0.25) is 0 Å². The summed E-state index contributed by atoms with van der Waals surface area (Å²) >= 11 is 0. The minimum Gasteiger partial charge on any atom is -0.494 e. The highest BCUT2D eigenvalue weighted by atomic mass is 16.3. The molecule has 0 amide bonds. The van der Waals surface area contributed by atoms with Crippen molar-refractivity contribution in [3.8, 4) is 5.88 Å². The fraction of sp³-hybridized carbons (Fsp3) is 0.231. The highest BCUT2D eigenvalue weighted by Gasteiger charge is 2.23. The Bertz CT molecular complexity index is 1090. The number of anilines is 1. The minimum absolute atomic E-state index is 0.357. The van der Waals surface area contributed by atoms with E-state index in [-0.39, 0.29) is 0 Å². The normalized spacial score (nSPS) is 15.1. The maximum Gasteiger partial charge on any atom is 0.199 e. The predicted molar refractivity (Wildman–Crippen MR) is 120 cm³/mol. The molecule has 5 rings (SSSR count). The topological polar surface area (TPSA) is 28.4 Å². The standard InChI is InChI=1S/C26H26N2O/c29-26-25-9-5-4-8-22(25)19-28(26)24-14-16-27(17-15-24)23-12-10-21(11-13-23)18-20-6-2-1-3-7-20/h1-13,19,24,29H,14-18H2. The number of nitrogens with zero attached hydrogens (tertiary/aromatic N) is 2. The van der Waals surface area contributed by atoms with Gasteiger partial charge in [0.25, 0.3) is 0 Å². The van der Waals surface area contributed by atoms with Crippen LogP contribution < -0.4 is 4.90 Å². The van der Waals surface area contributed by atoms with E-state index in [4.69, 9.17) is 0 Å². The molecule has 0 saturated carbocycles. The quantitative estimate of drug-likeness (QED) is 0.485. The molecular formula is C26H26N2O. The second-order valence-electron chi connectivity index (χ2n) is 7.99. The summed E-state index contributed by atoms with van der Waals surface area (Å²) in [6.07, 6.45) is 5.16. The van der Waals surface area contributed by atoms with E-state index in [0.29, 0.717) is 11.9 Å². The summed E-state index contributed by atoms with van der Waals surface area (Å²) in [6, 6.07) is 28.0. The Kier molecular flexibility index (Phi) is 4.73. The van der Waals surface area contributed by atoms with Crippen LogP contribution in [0.4, 0.5) is 5.69 Å². The van der Waals surface area contributed by atoms with Crippen LogP contribution in [0.3, 0.4) is 0 Å². The number of hydrogen-bond donors (Lipinski definition) is 1. The molecule has 1 aromatic heterocycles. The molecule has 1 N–H and O–H groups in total. The lowest BCUT2D eigenvalue weighted by Gasteiger charge is -2.34. The predicted octanol–water partition coefficient (Wildman–Crippen LogP) is 5.78. The lowest BCUT2D eigenvalue weighted by molar-refractivity contribution is 0.342. The molecule has 0 bridgehead atoms. The van der Waals surface area contributed by atoms with Gasteiger partial charge in [-0.05, 0) is 48.6 Å². The van der Waals surface area contributed by atoms with Crippen molar-refractivity contribution in [2.24, 2.45) is 0 Å². The van der Waals surface area contributed by atoms with Gasteiger partial charge in [0.05, 0.1) is 0 Å². The van der Waals surface area contributed by atoms with E-state index >= 15 is 0 Å². The third kappa shape index (κ3) is 3.61. The smallest absolute Gasteiger partial charge is 0.199 e. The van der Waals surface area contributed by atoms with E-state index in [0.717, 1.165) is 43.1 Å². The second kappa shape index (κ2) is 7.67. The fourth-order valence-corrected chi connectivity index (χ4v) is 4.50. The molecule has 4 aromatic rings. The van der Waals surface area contributed by atoms with Crippen LogP contribution in [0.5, 0.6) is 5.88 Å². The lowest BCUT2D eigenvalue weighted by Crippen LogP contribution is -2.34. The van der Waals surface area contributed by atoms with Crippen molar-refractivity contribution in [3.63, 3.8) is 0 Å². The second-order valence-corrected chi connectivity index (χ2v) is 7.99. The number of aromatic nitrogens is 1. The third-order valence-electron chi connectivity index (χ3n) is 6.13. The molecule has 0 aliphatic carbocycles. The van der Waals surface area contributed by atoms with Crippen molar-refractivity contribution in [1.82, 2.24) is 4.57 Å². The molecule has 1 aliphatic heterocycles. The fourth-order valence-electron chi connectivity index (χ4n) is 4.50. The first kappa shape index (κ1) is 17.9. The number of benzene rings is 3. The highest BCUT2D eigenvalue weighted by Crippen LogP contribution is 2.35. The first-order valence-electron chi connectivity index (χ1n) is 10.4. The van der Waals surface area contributed by atoms with E-state index in [2.05, 4.69) is 76.3 Å².